The summed E-state index contributed by atoms with van der Waals surface area (Å²) in [5, 5.41) is 4.70. The lowest BCUT2D eigenvalue weighted by Gasteiger charge is -2.21. The highest BCUT2D eigenvalue weighted by atomic mass is 16.5. The molecular formula is C19H26N6O3. The summed E-state index contributed by atoms with van der Waals surface area (Å²) in [6, 6.07) is 1.81. The molecule has 0 spiro atoms. The number of aryl methyl sites for hydroxylation is 2. The van der Waals surface area contributed by atoms with E-state index >= 15 is 0 Å². The second kappa shape index (κ2) is 7.83. The van der Waals surface area contributed by atoms with Crippen LogP contribution < -0.4 is 5.69 Å². The molecule has 0 radical (unpaired) electrons. The summed E-state index contributed by atoms with van der Waals surface area (Å²) in [6.45, 7) is 6.92. The maximum atomic E-state index is 12.8. The number of aromatic nitrogens is 5. The van der Waals surface area contributed by atoms with Gasteiger partial charge in [-0.2, -0.15) is 10.1 Å². The van der Waals surface area contributed by atoms with Crippen molar-refractivity contribution >= 4 is 5.91 Å². The molecule has 1 fully saturated rings. The molecule has 9 nitrogen and oxygen atoms in total. The topological polar surface area (TPSA) is 95.1 Å². The molecule has 2 aromatic rings. The molecule has 4 rings (SSSR count). The zero-order chi connectivity index (χ0) is 19.7. The normalized spacial score (nSPS) is 18.0. The van der Waals surface area contributed by atoms with Crippen molar-refractivity contribution < 1.29 is 9.53 Å². The first-order valence-electron chi connectivity index (χ1n) is 9.85. The quantitative estimate of drug-likeness (QED) is 0.759. The Hall–Kier alpha value is -2.55. The van der Waals surface area contributed by atoms with E-state index in [1.165, 1.54) is 4.57 Å². The first-order chi connectivity index (χ1) is 13.5. The first kappa shape index (κ1) is 18.8. The maximum Gasteiger partial charge on any atom is 0.348 e. The van der Waals surface area contributed by atoms with Gasteiger partial charge < -0.3 is 9.64 Å². The summed E-state index contributed by atoms with van der Waals surface area (Å²) in [4.78, 5) is 35.4. The number of carbonyl (C=O) groups excluding carboxylic acids is 1. The minimum absolute atomic E-state index is 0.0149. The number of ether oxygens (including phenoxy) is 1. The van der Waals surface area contributed by atoms with Crippen molar-refractivity contribution in [2.75, 3.05) is 26.3 Å². The van der Waals surface area contributed by atoms with Crippen LogP contribution in [0.3, 0.4) is 0 Å². The van der Waals surface area contributed by atoms with Crippen molar-refractivity contribution in [2.45, 2.75) is 52.1 Å². The van der Waals surface area contributed by atoms with Crippen molar-refractivity contribution in [3.63, 3.8) is 0 Å². The van der Waals surface area contributed by atoms with Crippen LogP contribution in [0, 0.1) is 13.8 Å². The molecule has 9 heteroatoms. The van der Waals surface area contributed by atoms with Crippen molar-refractivity contribution in [1.82, 2.24) is 29.2 Å². The minimum atomic E-state index is -0.378. The zero-order valence-corrected chi connectivity index (χ0v) is 16.4. The summed E-state index contributed by atoms with van der Waals surface area (Å²) in [7, 11) is 0. The fourth-order valence-corrected chi connectivity index (χ4v) is 3.90. The molecule has 0 aliphatic carbocycles. The van der Waals surface area contributed by atoms with Gasteiger partial charge in [0.2, 0.25) is 5.91 Å². The van der Waals surface area contributed by atoms with Gasteiger partial charge in [-0.3, -0.25) is 9.36 Å². The number of hydrogen-bond acceptors (Lipinski definition) is 6. The minimum Gasteiger partial charge on any atom is -0.381 e. The summed E-state index contributed by atoms with van der Waals surface area (Å²) in [5.74, 6) is 2.13. The van der Waals surface area contributed by atoms with Crippen molar-refractivity contribution in [2.24, 2.45) is 0 Å². The Balaban J connectivity index is 1.42. The van der Waals surface area contributed by atoms with E-state index in [2.05, 4.69) is 4.98 Å². The van der Waals surface area contributed by atoms with E-state index in [4.69, 9.17) is 14.8 Å². The number of fused-ring (bicyclic) bond motifs is 1. The smallest absolute Gasteiger partial charge is 0.348 e. The van der Waals surface area contributed by atoms with Crippen LogP contribution >= 0.6 is 0 Å². The highest BCUT2D eigenvalue weighted by Gasteiger charge is 2.25. The maximum absolute atomic E-state index is 12.8. The molecule has 2 aliphatic rings. The first-order valence-corrected chi connectivity index (χ1v) is 9.85. The van der Waals surface area contributed by atoms with E-state index in [0.717, 1.165) is 43.4 Å². The molecule has 1 saturated heterocycles. The lowest BCUT2D eigenvalue weighted by Crippen LogP contribution is -2.39. The van der Waals surface area contributed by atoms with Gasteiger partial charge in [0.1, 0.15) is 12.4 Å². The summed E-state index contributed by atoms with van der Waals surface area (Å²) in [5.41, 5.74) is 1.03. The number of amides is 1. The van der Waals surface area contributed by atoms with E-state index < -0.39 is 0 Å². The highest BCUT2D eigenvalue weighted by molar-refractivity contribution is 5.76. The molecule has 0 saturated carbocycles. The third-order valence-corrected chi connectivity index (χ3v) is 5.53. The molecular weight excluding hydrogens is 360 g/mol. The SMILES string of the molecule is Cc1cc(C)n(CC(=O)N2CCc3nc(C4CCOCC4)nn3CC2)c(=O)n1. The van der Waals surface area contributed by atoms with Gasteiger partial charge in [0.15, 0.2) is 5.82 Å². The predicted molar refractivity (Wildman–Crippen MR) is 101 cm³/mol. The number of carbonyl (C=O) groups is 1. The Labute approximate surface area is 163 Å². The Bertz CT molecular complexity index is 903. The van der Waals surface area contributed by atoms with Crippen LogP contribution in [0.25, 0.3) is 0 Å². The number of nitrogens with zero attached hydrogens (tertiary/aromatic N) is 6. The van der Waals surface area contributed by atoms with Gasteiger partial charge in [0, 0.05) is 50.0 Å². The van der Waals surface area contributed by atoms with E-state index in [1.54, 1.807) is 11.8 Å². The van der Waals surface area contributed by atoms with Gasteiger partial charge in [-0.15, -0.1) is 0 Å². The number of hydrogen-bond donors (Lipinski definition) is 0. The molecule has 1 amide bonds. The predicted octanol–water partition coefficient (Wildman–Crippen LogP) is 0.431. The van der Waals surface area contributed by atoms with Crippen LogP contribution in [0.5, 0.6) is 0 Å². The van der Waals surface area contributed by atoms with Crippen LogP contribution in [-0.2, 0) is 29.0 Å². The molecule has 28 heavy (non-hydrogen) atoms. The van der Waals surface area contributed by atoms with Gasteiger partial charge >= 0.3 is 5.69 Å². The molecule has 0 aromatic carbocycles. The molecule has 2 aromatic heterocycles. The Kier molecular flexibility index (Phi) is 5.25. The van der Waals surface area contributed by atoms with Crippen molar-refractivity contribution in [1.29, 1.82) is 0 Å². The second-order valence-corrected chi connectivity index (χ2v) is 7.53. The van der Waals surface area contributed by atoms with E-state index in [0.29, 0.717) is 37.7 Å². The largest absolute Gasteiger partial charge is 0.381 e. The second-order valence-electron chi connectivity index (χ2n) is 7.53. The van der Waals surface area contributed by atoms with Crippen LogP contribution in [0.4, 0.5) is 0 Å². The van der Waals surface area contributed by atoms with Crippen LogP contribution in [0.15, 0.2) is 10.9 Å². The van der Waals surface area contributed by atoms with E-state index in [1.807, 2.05) is 17.7 Å². The fourth-order valence-electron chi connectivity index (χ4n) is 3.90. The van der Waals surface area contributed by atoms with E-state index in [-0.39, 0.29) is 18.1 Å². The van der Waals surface area contributed by atoms with E-state index in [9.17, 15) is 9.59 Å². The molecule has 0 atom stereocenters. The molecule has 0 bridgehead atoms. The lowest BCUT2D eigenvalue weighted by atomic mass is 10.00. The molecule has 0 N–H and O–H groups in total. The average molecular weight is 386 g/mol. The fraction of sp³-hybridized carbons (Fsp3) is 0.632. The monoisotopic (exact) mass is 386 g/mol. The Morgan fingerprint density at radius 1 is 1.18 bits per heavy atom. The van der Waals surface area contributed by atoms with Gasteiger partial charge in [-0.05, 0) is 32.8 Å². The third-order valence-electron chi connectivity index (χ3n) is 5.53. The molecule has 4 heterocycles. The van der Waals surface area contributed by atoms with Gasteiger partial charge in [0.25, 0.3) is 0 Å². The third kappa shape index (κ3) is 3.84. The average Bonchev–Trinajstić information content (AvgIpc) is 2.98. The van der Waals surface area contributed by atoms with Crippen LogP contribution in [0.2, 0.25) is 0 Å². The zero-order valence-electron chi connectivity index (χ0n) is 16.4. The highest BCUT2D eigenvalue weighted by Crippen LogP contribution is 2.25. The summed E-state index contributed by atoms with van der Waals surface area (Å²) < 4.78 is 8.78. The molecule has 2 aliphatic heterocycles. The Morgan fingerprint density at radius 3 is 2.71 bits per heavy atom. The lowest BCUT2D eigenvalue weighted by molar-refractivity contribution is -0.132. The number of rotatable bonds is 3. The van der Waals surface area contributed by atoms with Crippen molar-refractivity contribution in [3.05, 3.63) is 39.6 Å². The van der Waals surface area contributed by atoms with Crippen molar-refractivity contribution in [3.8, 4) is 0 Å². The molecule has 0 unspecified atom stereocenters. The summed E-state index contributed by atoms with van der Waals surface area (Å²) in [6.07, 6.45) is 2.60. The Morgan fingerprint density at radius 2 is 1.96 bits per heavy atom. The summed E-state index contributed by atoms with van der Waals surface area (Å²) >= 11 is 0. The van der Waals surface area contributed by atoms with Gasteiger partial charge in [0.05, 0.1) is 6.54 Å². The molecule has 150 valence electrons. The van der Waals surface area contributed by atoms with Gasteiger partial charge in [-0.1, -0.05) is 0 Å². The standard InChI is InChI=1S/C19H26N6O3/c1-13-11-14(2)24(19(27)20-13)12-17(26)23-6-3-16-21-18(22-25(16)8-7-23)15-4-9-28-10-5-15/h11,15H,3-10,12H2,1-2H3. The van der Waals surface area contributed by atoms with Gasteiger partial charge in [-0.25, -0.2) is 14.5 Å². The van der Waals surface area contributed by atoms with Crippen LogP contribution in [-0.4, -0.2) is 61.4 Å². The van der Waals surface area contributed by atoms with Crippen LogP contribution in [0.1, 0.15) is 41.8 Å².